The zero-order chi connectivity index (χ0) is 25.0. The molecule has 1 aromatic carbocycles. The van der Waals surface area contributed by atoms with Crippen molar-refractivity contribution < 1.29 is 32.2 Å². The van der Waals surface area contributed by atoms with Gasteiger partial charge in [0.1, 0.15) is 5.69 Å². The normalized spacial score (nSPS) is 13.5. The smallest absolute Gasteiger partial charge is 0.435 e. The van der Waals surface area contributed by atoms with Crippen LogP contribution in [0, 0.1) is 0 Å². The lowest BCUT2D eigenvalue weighted by Crippen LogP contribution is -2.26. The Balaban J connectivity index is 1.28. The van der Waals surface area contributed by atoms with Gasteiger partial charge in [-0.1, -0.05) is 6.07 Å². The molecule has 1 fully saturated rings. The minimum absolute atomic E-state index is 0.0226. The van der Waals surface area contributed by atoms with Gasteiger partial charge in [0.15, 0.2) is 23.9 Å². The molecule has 0 bridgehead atoms. The lowest BCUT2D eigenvalue weighted by atomic mass is 10.2. The molecule has 1 saturated carbocycles. The monoisotopic (exact) mass is 493 g/mol. The highest BCUT2D eigenvalue weighted by Gasteiger charge is 2.37. The molecule has 1 N–H and O–H groups in total. The Bertz CT molecular complexity index is 1150. The number of nitrogens with one attached hydrogen (secondary N) is 1. The van der Waals surface area contributed by atoms with E-state index in [1.54, 1.807) is 30.5 Å². The van der Waals surface area contributed by atoms with E-state index >= 15 is 0 Å². The number of amides is 1. The van der Waals surface area contributed by atoms with Gasteiger partial charge in [-0.25, -0.2) is 4.68 Å². The van der Waals surface area contributed by atoms with Crippen LogP contribution in [-0.4, -0.2) is 46.2 Å². The molecular weight excluding hydrogens is 467 g/mol. The second-order valence-corrected chi connectivity index (χ2v) is 8.06. The third kappa shape index (κ3) is 5.87. The number of nitrogens with zero attached hydrogens (tertiary/aromatic N) is 4. The maximum absolute atomic E-state index is 13.0. The zero-order valence-corrected chi connectivity index (χ0v) is 19.3. The number of rotatable bonds is 11. The van der Waals surface area contributed by atoms with E-state index in [9.17, 15) is 18.0 Å². The van der Waals surface area contributed by atoms with Crippen LogP contribution in [0.3, 0.4) is 0 Å². The summed E-state index contributed by atoms with van der Waals surface area (Å²) in [5, 5.41) is 10.7. The van der Waals surface area contributed by atoms with Crippen molar-refractivity contribution in [1.82, 2.24) is 24.9 Å². The SMILES string of the molecule is COc1cccc(OC)c1OCn1ccc(C(=O)NCCCn2nc(C(F)(F)F)cc2C2CC2)n1. The highest BCUT2D eigenvalue weighted by molar-refractivity contribution is 5.92. The summed E-state index contributed by atoms with van der Waals surface area (Å²) in [5.41, 5.74) is -0.0753. The highest BCUT2D eigenvalue weighted by atomic mass is 19.4. The number of ether oxygens (including phenoxy) is 3. The van der Waals surface area contributed by atoms with Crippen molar-refractivity contribution in [3.63, 3.8) is 0 Å². The highest BCUT2D eigenvalue weighted by Crippen LogP contribution is 2.42. The topological polar surface area (TPSA) is 92.4 Å². The number of hydrogen-bond donors (Lipinski definition) is 1. The van der Waals surface area contributed by atoms with E-state index < -0.39 is 17.8 Å². The standard InChI is InChI=1S/C23H26F3N5O4/c1-33-18-5-3-6-19(34-2)21(18)35-14-30-12-9-16(28-30)22(32)27-10-4-11-31-17(15-7-8-15)13-20(29-31)23(24,25)26/h3,5-6,9,12-13,15H,4,7-8,10-11,14H2,1-2H3,(H,27,32). The molecule has 0 unspecified atom stereocenters. The van der Waals surface area contributed by atoms with Crippen molar-refractivity contribution >= 4 is 5.91 Å². The van der Waals surface area contributed by atoms with Crippen LogP contribution in [0.4, 0.5) is 13.2 Å². The number of aryl methyl sites for hydroxylation is 1. The van der Waals surface area contributed by atoms with E-state index in [2.05, 4.69) is 15.5 Å². The molecule has 4 rings (SSSR count). The quantitative estimate of drug-likeness (QED) is 0.408. The lowest BCUT2D eigenvalue weighted by molar-refractivity contribution is -0.141. The Morgan fingerprint density at radius 3 is 2.49 bits per heavy atom. The largest absolute Gasteiger partial charge is 0.493 e. The van der Waals surface area contributed by atoms with Gasteiger partial charge in [0.25, 0.3) is 5.91 Å². The van der Waals surface area contributed by atoms with Crippen molar-refractivity contribution in [2.75, 3.05) is 20.8 Å². The molecule has 35 heavy (non-hydrogen) atoms. The van der Waals surface area contributed by atoms with Gasteiger partial charge in [-0.3, -0.25) is 9.48 Å². The molecule has 1 aliphatic carbocycles. The van der Waals surface area contributed by atoms with Gasteiger partial charge < -0.3 is 19.5 Å². The summed E-state index contributed by atoms with van der Waals surface area (Å²) in [6.07, 6.45) is -0.697. The van der Waals surface area contributed by atoms with E-state index in [0.29, 0.717) is 29.4 Å². The molecule has 2 aromatic heterocycles. The maximum Gasteiger partial charge on any atom is 0.435 e. The van der Waals surface area contributed by atoms with Crippen molar-refractivity contribution in [3.8, 4) is 17.2 Å². The fourth-order valence-electron chi connectivity index (χ4n) is 3.62. The summed E-state index contributed by atoms with van der Waals surface area (Å²) in [5.74, 6) is 1.15. The van der Waals surface area contributed by atoms with Crippen LogP contribution in [0.2, 0.25) is 0 Å². The minimum Gasteiger partial charge on any atom is -0.493 e. The summed E-state index contributed by atoms with van der Waals surface area (Å²) in [4.78, 5) is 12.4. The van der Waals surface area contributed by atoms with E-state index in [0.717, 1.165) is 18.9 Å². The van der Waals surface area contributed by atoms with Crippen molar-refractivity contribution in [2.24, 2.45) is 0 Å². The molecule has 9 nitrogen and oxygen atoms in total. The van der Waals surface area contributed by atoms with Gasteiger partial charge in [0.05, 0.1) is 14.2 Å². The molecule has 0 atom stereocenters. The van der Waals surface area contributed by atoms with Gasteiger partial charge in [-0.05, 0) is 43.5 Å². The molecule has 1 amide bonds. The summed E-state index contributed by atoms with van der Waals surface area (Å²) >= 11 is 0. The van der Waals surface area contributed by atoms with Crippen LogP contribution in [0.25, 0.3) is 0 Å². The molecule has 2 heterocycles. The minimum atomic E-state index is -4.47. The number of alkyl halides is 3. The summed E-state index contributed by atoms with van der Waals surface area (Å²) in [6.45, 7) is 0.575. The van der Waals surface area contributed by atoms with E-state index in [4.69, 9.17) is 14.2 Å². The number of benzene rings is 1. The molecule has 3 aromatic rings. The van der Waals surface area contributed by atoms with Gasteiger partial charge in [-0.2, -0.15) is 23.4 Å². The van der Waals surface area contributed by atoms with Crippen molar-refractivity contribution in [3.05, 3.63) is 53.6 Å². The Kier molecular flexibility index (Phi) is 7.17. The number of carbonyl (C=O) groups is 1. The summed E-state index contributed by atoms with van der Waals surface area (Å²) < 4.78 is 58.2. The van der Waals surface area contributed by atoms with Crippen LogP contribution in [0.5, 0.6) is 17.2 Å². The van der Waals surface area contributed by atoms with Gasteiger partial charge in [0, 0.05) is 30.9 Å². The number of aromatic nitrogens is 4. The zero-order valence-electron chi connectivity index (χ0n) is 19.3. The fourth-order valence-corrected chi connectivity index (χ4v) is 3.62. The molecule has 12 heteroatoms. The van der Waals surface area contributed by atoms with Gasteiger partial charge in [-0.15, -0.1) is 0 Å². The summed E-state index contributed by atoms with van der Waals surface area (Å²) in [6, 6.07) is 7.93. The van der Waals surface area contributed by atoms with Gasteiger partial charge >= 0.3 is 6.18 Å². The first-order valence-electron chi connectivity index (χ1n) is 11.1. The molecule has 1 aliphatic rings. The first-order chi connectivity index (χ1) is 16.8. The summed E-state index contributed by atoms with van der Waals surface area (Å²) in [7, 11) is 3.04. The third-order valence-corrected chi connectivity index (χ3v) is 5.53. The Morgan fingerprint density at radius 2 is 1.86 bits per heavy atom. The third-order valence-electron chi connectivity index (χ3n) is 5.53. The average Bonchev–Trinajstić information content (AvgIpc) is 3.40. The fraction of sp³-hybridized carbons (Fsp3) is 0.435. The molecule has 0 radical (unpaired) electrons. The van der Waals surface area contributed by atoms with Crippen LogP contribution >= 0.6 is 0 Å². The molecule has 0 spiro atoms. The number of hydrogen-bond acceptors (Lipinski definition) is 6. The number of methoxy groups -OCH3 is 2. The average molecular weight is 493 g/mol. The van der Waals surface area contributed by atoms with E-state index in [-0.39, 0.29) is 31.4 Å². The van der Waals surface area contributed by atoms with E-state index in [1.807, 2.05) is 0 Å². The van der Waals surface area contributed by atoms with Gasteiger partial charge in [0.2, 0.25) is 5.75 Å². The molecule has 0 aliphatic heterocycles. The second kappa shape index (κ2) is 10.3. The first-order valence-corrected chi connectivity index (χ1v) is 11.1. The molecule has 0 saturated heterocycles. The van der Waals surface area contributed by atoms with Crippen LogP contribution < -0.4 is 19.5 Å². The number of halogens is 3. The first kappa shape index (κ1) is 24.4. The number of para-hydroxylation sites is 1. The Labute approximate surface area is 199 Å². The van der Waals surface area contributed by atoms with Crippen molar-refractivity contribution in [2.45, 2.75) is 44.6 Å². The Morgan fingerprint density at radius 1 is 1.14 bits per heavy atom. The predicted octanol–water partition coefficient (Wildman–Crippen LogP) is 3.85. The van der Waals surface area contributed by atoms with E-state index in [1.165, 1.54) is 23.6 Å². The maximum atomic E-state index is 13.0. The van der Waals surface area contributed by atoms with Crippen molar-refractivity contribution in [1.29, 1.82) is 0 Å². The second-order valence-electron chi connectivity index (χ2n) is 8.06. The molecular formula is C23H26F3N5O4. The number of carbonyl (C=O) groups excluding carboxylic acids is 1. The van der Waals surface area contributed by atoms with Crippen LogP contribution in [0.15, 0.2) is 36.5 Å². The molecule has 188 valence electrons. The predicted molar refractivity (Wildman–Crippen MR) is 119 cm³/mol. The lowest BCUT2D eigenvalue weighted by Gasteiger charge is -2.13. The van der Waals surface area contributed by atoms with Crippen LogP contribution in [0.1, 0.15) is 47.1 Å². The van der Waals surface area contributed by atoms with Crippen LogP contribution in [-0.2, 0) is 19.5 Å². The Hall–Kier alpha value is -3.70.